The molecule has 0 radical (unpaired) electrons. The van der Waals surface area contributed by atoms with Crippen molar-refractivity contribution in [3.05, 3.63) is 52.3 Å². The zero-order chi connectivity index (χ0) is 22.5. The summed E-state index contributed by atoms with van der Waals surface area (Å²) >= 11 is 1.36. The van der Waals surface area contributed by atoms with Crippen LogP contribution in [-0.2, 0) is 11.2 Å². The van der Waals surface area contributed by atoms with Gasteiger partial charge in [-0.15, -0.1) is 5.10 Å². The van der Waals surface area contributed by atoms with Gasteiger partial charge in [0.2, 0.25) is 11.1 Å². The molecule has 1 aliphatic heterocycles. The zero-order valence-electron chi connectivity index (χ0n) is 19.2. The number of rotatable bonds is 9. The molecule has 3 heterocycles. The van der Waals surface area contributed by atoms with Crippen LogP contribution in [0.2, 0.25) is 0 Å². The molecule has 1 aromatic carbocycles. The summed E-state index contributed by atoms with van der Waals surface area (Å²) in [4.78, 5) is 23.9. The highest BCUT2D eigenvalue weighted by molar-refractivity contribution is 7.99. The molecule has 1 aliphatic rings. The van der Waals surface area contributed by atoms with Gasteiger partial charge in [-0.2, -0.15) is 4.98 Å². The van der Waals surface area contributed by atoms with E-state index in [4.69, 9.17) is 0 Å². The van der Waals surface area contributed by atoms with Crippen molar-refractivity contribution < 1.29 is 4.79 Å². The summed E-state index contributed by atoms with van der Waals surface area (Å²) in [5, 5.41) is 8.21. The third-order valence-corrected chi connectivity index (χ3v) is 7.00. The summed E-state index contributed by atoms with van der Waals surface area (Å²) in [5.41, 5.74) is 5.74. The van der Waals surface area contributed by atoms with Gasteiger partial charge < -0.3 is 10.2 Å². The van der Waals surface area contributed by atoms with Gasteiger partial charge in [-0.25, -0.2) is 9.50 Å². The topological polar surface area (TPSA) is 75.4 Å². The van der Waals surface area contributed by atoms with Crippen LogP contribution in [0.1, 0.15) is 47.3 Å². The Labute approximate surface area is 194 Å². The average molecular weight is 453 g/mol. The number of amides is 1. The number of likely N-dealkylation sites (tertiary alicyclic amines) is 1. The minimum Gasteiger partial charge on any atom is -0.355 e. The molecule has 0 atom stereocenters. The Morgan fingerprint density at radius 1 is 1.12 bits per heavy atom. The highest BCUT2D eigenvalue weighted by Crippen LogP contribution is 2.21. The number of thioether (sulfide) groups is 1. The van der Waals surface area contributed by atoms with E-state index in [1.165, 1.54) is 54.4 Å². The minimum absolute atomic E-state index is 0.0244. The lowest BCUT2D eigenvalue weighted by molar-refractivity contribution is -0.118. The lowest BCUT2D eigenvalue weighted by atomic mass is 9.99. The van der Waals surface area contributed by atoms with Crippen molar-refractivity contribution in [1.82, 2.24) is 29.8 Å². The molecule has 0 spiro atoms. The fraction of sp³-hybridized carbons (Fsp3) is 0.500. The van der Waals surface area contributed by atoms with Crippen LogP contribution in [0.3, 0.4) is 0 Å². The van der Waals surface area contributed by atoms with Gasteiger partial charge in [0, 0.05) is 24.4 Å². The van der Waals surface area contributed by atoms with Crippen LogP contribution in [0.15, 0.2) is 29.4 Å². The van der Waals surface area contributed by atoms with E-state index in [-0.39, 0.29) is 5.91 Å². The molecule has 4 rings (SSSR count). The molecule has 0 unspecified atom stereocenters. The molecule has 7 nitrogen and oxygen atoms in total. The maximum Gasteiger partial charge on any atom is 0.253 e. The number of hydrogen-bond acceptors (Lipinski definition) is 6. The molecule has 3 aromatic rings. The molecular formula is C24H32N6OS. The Kier molecular flexibility index (Phi) is 7.42. The van der Waals surface area contributed by atoms with Crippen LogP contribution in [0.5, 0.6) is 0 Å². The molecule has 0 bridgehead atoms. The number of aryl methyl sites for hydroxylation is 3. The Bertz CT molecular complexity index is 1090. The maximum absolute atomic E-state index is 12.2. The average Bonchev–Trinajstić information content (AvgIpc) is 3.44. The number of carbonyl (C=O) groups is 1. The predicted molar refractivity (Wildman–Crippen MR) is 128 cm³/mol. The van der Waals surface area contributed by atoms with Gasteiger partial charge in [-0.1, -0.05) is 36.0 Å². The Morgan fingerprint density at radius 3 is 2.69 bits per heavy atom. The Morgan fingerprint density at radius 2 is 1.91 bits per heavy atom. The van der Waals surface area contributed by atoms with E-state index in [9.17, 15) is 4.79 Å². The minimum atomic E-state index is 0.0244. The molecule has 8 heteroatoms. The van der Waals surface area contributed by atoms with Gasteiger partial charge in [0.1, 0.15) is 0 Å². The van der Waals surface area contributed by atoms with Crippen LogP contribution in [-0.4, -0.2) is 62.3 Å². The number of benzene rings is 1. The Hall–Kier alpha value is -2.45. The monoisotopic (exact) mass is 452 g/mol. The largest absolute Gasteiger partial charge is 0.355 e. The molecule has 0 aliphatic carbocycles. The van der Waals surface area contributed by atoms with Crippen LogP contribution >= 0.6 is 11.8 Å². The van der Waals surface area contributed by atoms with E-state index in [0.29, 0.717) is 16.7 Å². The normalized spacial score (nSPS) is 14.3. The molecule has 1 amide bonds. The first-order chi connectivity index (χ1) is 15.5. The van der Waals surface area contributed by atoms with E-state index in [2.05, 4.69) is 63.4 Å². The van der Waals surface area contributed by atoms with Crippen molar-refractivity contribution in [1.29, 1.82) is 0 Å². The molecular weight excluding hydrogens is 420 g/mol. The molecule has 1 fully saturated rings. The van der Waals surface area contributed by atoms with Crippen molar-refractivity contribution in [3.63, 3.8) is 0 Å². The maximum atomic E-state index is 12.2. The highest BCUT2D eigenvalue weighted by Gasteiger charge is 2.16. The standard InChI is InChI=1S/C24H32N6OS/c1-17-9-4-5-10-20(17)15-21-18(2)26-23-27-24(28-30(23)19(21)3)32-16-22(31)25-11-8-14-29-12-6-7-13-29/h4-5,9-10H,6-8,11-16H2,1-3H3,(H,25,31). The van der Waals surface area contributed by atoms with Gasteiger partial charge in [-0.3, -0.25) is 4.79 Å². The molecule has 1 saturated heterocycles. The number of hydrogen-bond donors (Lipinski definition) is 1. The first kappa shape index (κ1) is 22.7. The smallest absolute Gasteiger partial charge is 0.253 e. The second-order valence-electron chi connectivity index (χ2n) is 8.51. The van der Waals surface area contributed by atoms with E-state index in [0.717, 1.165) is 37.3 Å². The number of aromatic nitrogens is 4. The third kappa shape index (κ3) is 5.48. The Balaban J connectivity index is 1.35. The van der Waals surface area contributed by atoms with Crippen LogP contribution < -0.4 is 5.32 Å². The van der Waals surface area contributed by atoms with Crippen LogP contribution in [0.25, 0.3) is 5.78 Å². The summed E-state index contributed by atoms with van der Waals surface area (Å²) < 4.78 is 1.80. The summed E-state index contributed by atoms with van der Waals surface area (Å²) in [6.45, 7) is 10.4. The van der Waals surface area contributed by atoms with E-state index in [1.54, 1.807) is 4.52 Å². The van der Waals surface area contributed by atoms with Crippen molar-refractivity contribution in [2.24, 2.45) is 0 Å². The van der Waals surface area contributed by atoms with Gasteiger partial charge >= 0.3 is 0 Å². The van der Waals surface area contributed by atoms with E-state index < -0.39 is 0 Å². The van der Waals surface area contributed by atoms with Crippen molar-refractivity contribution in [2.75, 3.05) is 31.9 Å². The van der Waals surface area contributed by atoms with Crippen LogP contribution in [0.4, 0.5) is 0 Å². The molecule has 0 saturated carbocycles. The highest BCUT2D eigenvalue weighted by atomic mass is 32.2. The second-order valence-corrected chi connectivity index (χ2v) is 9.45. The van der Waals surface area contributed by atoms with Crippen molar-refractivity contribution in [3.8, 4) is 0 Å². The zero-order valence-corrected chi connectivity index (χ0v) is 20.0. The second kappa shape index (κ2) is 10.4. The number of nitrogens with zero attached hydrogens (tertiary/aromatic N) is 5. The number of fused-ring (bicyclic) bond motifs is 1. The summed E-state index contributed by atoms with van der Waals surface area (Å²) in [5.74, 6) is 0.924. The summed E-state index contributed by atoms with van der Waals surface area (Å²) in [6, 6.07) is 8.42. The lowest BCUT2D eigenvalue weighted by Crippen LogP contribution is -2.29. The molecule has 1 N–H and O–H groups in total. The molecule has 32 heavy (non-hydrogen) atoms. The predicted octanol–water partition coefficient (Wildman–Crippen LogP) is 3.33. The summed E-state index contributed by atoms with van der Waals surface area (Å²) in [7, 11) is 0. The van der Waals surface area contributed by atoms with Gasteiger partial charge in [-0.05, 0) is 76.4 Å². The first-order valence-electron chi connectivity index (χ1n) is 11.4. The van der Waals surface area contributed by atoms with E-state index >= 15 is 0 Å². The van der Waals surface area contributed by atoms with Gasteiger partial charge in [0.15, 0.2) is 0 Å². The quantitative estimate of drug-likeness (QED) is 0.396. The fourth-order valence-corrected chi connectivity index (χ4v) is 4.87. The molecule has 2 aromatic heterocycles. The van der Waals surface area contributed by atoms with E-state index in [1.807, 2.05) is 6.92 Å². The number of nitrogens with one attached hydrogen (secondary N) is 1. The van der Waals surface area contributed by atoms with Crippen molar-refractivity contribution >= 4 is 23.4 Å². The number of carbonyl (C=O) groups excluding carboxylic acids is 1. The van der Waals surface area contributed by atoms with Crippen LogP contribution in [0, 0.1) is 20.8 Å². The SMILES string of the molecule is Cc1ccccc1Cc1c(C)nc2nc(SCC(=O)NCCCN3CCCC3)nn2c1C. The lowest BCUT2D eigenvalue weighted by Gasteiger charge is -2.14. The fourth-order valence-electron chi connectivity index (χ4n) is 4.22. The summed E-state index contributed by atoms with van der Waals surface area (Å²) in [6.07, 6.45) is 4.41. The van der Waals surface area contributed by atoms with Gasteiger partial charge in [0.25, 0.3) is 5.78 Å². The third-order valence-electron chi connectivity index (χ3n) is 6.16. The molecule has 170 valence electrons. The first-order valence-corrected chi connectivity index (χ1v) is 12.4. The van der Waals surface area contributed by atoms with Gasteiger partial charge in [0.05, 0.1) is 5.75 Å². The van der Waals surface area contributed by atoms with Crippen molar-refractivity contribution in [2.45, 2.75) is 51.6 Å².